The molecule has 0 spiro atoms. The fraction of sp³-hybridized carbons (Fsp3) is 0.357. The van der Waals surface area contributed by atoms with Crippen LogP contribution in [0.3, 0.4) is 0 Å². The van der Waals surface area contributed by atoms with Crippen LogP contribution in [0.25, 0.3) is 11.4 Å². The van der Waals surface area contributed by atoms with E-state index in [1.165, 1.54) is 0 Å². The van der Waals surface area contributed by atoms with Gasteiger partial charge in [-0.05, 0) is 26.0 Å². The normalized spacial score (nSPS) is 12.1. The number of pyridine rings is 1. The molecule has 0 radical (unpaired) electrons. The molecule has 0 atom stereocenters. The second-order valence-corrected chi connectivity index (χ2v) is 6.97. The SMILES string of the molecule is COP(OC)C(C)(C)c1cccc(-c2ccc[n-]2)n1. The van der Waals surface area contributed by atoms with Crippen molar-refractivity contribution in [1.82, 2.24) is 9.97 Å². The van der Waals surface area contributed by atoms with E-state index in [4.69, 9.17) is 14.0 Å². The molecule has 0 bridgehead atoms. The molecule has 0 N–H and O–H groups in total. The fourth-order valence-corrected chi connectivity index (χ4v) is 3.37. The van der Waals surface area contributed by atoms with Crippen molar-refractivity contribution < 1.29 is 9.05 Å². The van der Waals surface area contributed by atoms with E-state index in [1.807, 2.05) is 30.3 Å². The van der Waals surface area contributed by atoms with Gasteiger partial charge in [0.1, 0.15) is 0 Å². The molecule has 0 saturated carbocycles. The molecular weight excluding hydrogens is 259 g/mol. The predicted octanol–water partition coefficient (Wildman–Crippen LogP) is 3.55. The van der Waals surface area contributed by atoms with Gasteiger partial charge in [-0.1, -0.05) is 18.2 Å². The topological polar surface area (TPSA) is 45.5 Å². The van der Waals surface area contributed by atoms with Crippen molar-refractivity contribution in [2.45, 2.75) is 19.0 Å². The fourth-order valence-electron chi connectivity index (χ4n) is 1.99. The molecule has 2 rings (SSSR count). The summed E-state index contributed by atoms with van der Waals surface area (Å²) in [6.45, 7) is 4.16. The van der Waals surface area contributed by atoms with Crippen LogP contribution >= 0.6 is 8.38 Å². The number of hydrogen-bond acceptors (Lipinski definition) is 3. The van der Waals surface area contributed by atoms with Crippen LogP contribution < -0.4 is 4.98 Å². The Morgan fingerprint density at radius 1 is 1.11 bits per heavy atom. The highest BCUT2D eigenvalue weighted by Crippen LogP contribution is 2.55. The van der Waals surface area contributed by atoms with Gasteiger partial charge in [0.15, 0.2) is 8.38 Å². The lowest BCUT2D eigenvalue weighted by Crippen LogP contribution is -2.18. The summed E-state index contributed by atoms with van der Waals surface area (Å²) in [6.07, 6.45) is 1.77. The number of nitrogens with zero attached hydrogens (tertiary/aromatic N) is 2. The second kappa shape index (κ2) is 5.83. The van der Waals surface area contributed by atoms with Crippen LogP contribution in [0, 0.1) is 0 Å². The molecule has 0 unspecified atom stereocenters. The minimum absolute atomic E-state index is 0.276. The summed E-state index contributed by atoms with van der Waals surface area (Å²) in [6, 6.07) is 9.82. The Balaban J connectivity index is 2.38. The first-order chi connectivity index (χ1) is 9.09. The summed E-state index contributed by atoms with van der Waals surface area (Å²) in [5.74, 6) is 0. The minimum atomic E-state index is -1.03. The van der Waals surface area contributed by atoms with Crippen molar-refractivity contribution in [1.29, 1.82) is 0 Å². The van der Waals surface area contributed by atoms with Crippen LogP contribution in [0.5, 0.6) is 0 Å². The lowest BCUT2D eigenvalue weighted by atomic mass is 10.1. The highest BCUT2D eigenvalue weighted by molar-refractivity contribution is 7.48. The van der Waals surface area contributed by atoms with Gasteiger partial charge in [-0.3, -0.25) is 4.98 Å². The van der Waals surface area contributed by atoms with E-state index < -0.39 is 8.38 Å². The number of rotatable bonds is 5. The molecule has 0 aliphatic heterocycles. The summed E-state index contributed by atoms with van der Waals surface area (Å²) in [7, 11) is 2.30. The van der Waals surface area contributed by atoms with Crippen LogP contribution in [0.15, 0.2) is 36.5 Å². The summed E-state index contributed by atoms with van der Waals surface area (Å²) in [5, 5.41) is -0.276. The Kier molecular flexibility index (Phi) is 4.35. The van der Waals surface area contributed by atoms with Gasteiger partial charge in [0.2, 0.25) is 0 Å². The average Bonchev–Trinajstić information content (AvgIpc) is 2.94. The molecular formula is C14H18N2O2P-. The van der Waals surface area contributed by atoms with Crippen LogP contribution in [0.2, 0.25) is 0 Å². The van der Waals surface area contributed by atoms with Gasteiger partial charge in [-0.25, -0.2) is 0 Å². The summed E-state index contributed by atoms with van der Waals surface area (Å²) < 4.78 is 10.9. The monoisotopic (exact) mass is 277 g/mol. The van der Waals surface area contributed by atoms with Crippen molar-refractivity contribution in [3.05, 3.63) is 42.2 Å². The highest BCUT2D eigenvalue weighted by atomic mass is 31.2. The van der Waals surface area contributed by atoms with E-state index in [0.29, 0.717) is 0 Å². The first-order valence-corrected chi connectivity index (χ1v) is 7.21. The standard InChI is InChI=1S/C14H18N2O2P/c1-14(2,19(17-3)18-4)13-9-5-7-12(16-13)11-8-6-10-15-11/h5-10H,1-4H3/q-1. The molecule has 0 fully saturated rings. The van der Waals surface area contributed by atoms with Gasteiger partial charge in [-0.2, -0.15) is 6.20 Å². The van der Waals surface area contributed by atoms with Gasteiger partial charge < -0.3 is 14.0 Å². The zero-order valence-corrected chi connectivity index (χ0v) is 12.5. The van der Waals surface area contributed by atoms with E-state index in [-0.39, 0.29) is 5.16 Å². The van der Waals surface area contributed by atoms with Crippen LogP contribution in [-0.4, -0.2) is 19.2 Å². The van der Waals surface area contributed by atoms with Crippen molar-refractivity contribution >= 4 is 8.38 Å². The number of hydrogen-bond donors (Lipinski definition) is 0. The summed E-state index contributed by atoms with van der Waals surface area (Å²) >= 11 is 0. The first kappa shape index (κ1) is 14.2. The van der Waals surface area contributed by atoms with E-state index in [1.54, 1.807) is 20.4 Å². The maximum atomic E-state index is 5.44. The molecule has 2 aromatic rings. The molecule has 0 saturated heterocycles. The van der Waals surface area contributed by atoms with E-state index in [2.05, 4.69) is 18.8 Å². The van der Waals surface area contributed by atoms with E-state index >= 15 is 0 Å². The van der Waals surface area contributed by atoms with Crippen LogP contribution in [0.1, 0.15) is 19.5 Å². The highest BCUT2D eigenvalue weighted by Gasteiger charge is 2.34. The van der Waals surface area contributed by atoms with Crippen molar-refractivity contribution in [3.63, 3.8) is 0 Å². The lowest BCUT2D eigenvalue weighted by Gasteiger charge is -2.30. The summed E-state index contributed by atoms with van der Waals surface area (Å²) in [4.78, 5) is 8.97. The largest absolute Gasteiger partial charge is 0.662 e. The molecule has 19 heavy (non-hydrogen) atoms. The maximum absolute atomic E-state index is 5.44. The van der Waals surface area contributed by atoms with Gasteiger partial charge >= 0.3 is 0 Å². The average molecular weight is 277 g/mol. The van der Waals surface area contributed by atoms with Crippen molar-refractivity contribution in [3.8, 4) is 11.4 Å². The minimum Gasteiger partial charge on any atom is -0.662 e. The van der Waals surface area contributed by atoms with Crippen LogP contribution in [-0.2, 0) is 14.2 Å². The van der Waals surface area contributed by atoms with Gasteiger partial charge in [-0.15, -0.1) is 5.69 Å². The molecule has 4 nitrogen and oxygen atoms in total. The zero-order chi connectivity index (χ0) is 13.9. The lowest BCUT2D eigenvalue weighted by molar-refractivity contribution is 0.316. The first-order valence-electron chi connectivity index (χ1n) is 6.03. The van der Waals surface area contributed by atoms with Crippen LogP contribution in [0.4, 0.5) is 0 Å². The Labute approximate surface area is 115 Å². The number of aromatic nitrogens is 2. The predicted molar refractivity (Wildman–Crippen MR) is 77.0 cm³/mol. The third-order valence-corrected chi connectivity index (χ3v) is 4.79. The molecule has 5 heteroatoms. The molecule has 0 aromatic carbocycles. The third kappa shape index (κ3) is 2.86. The Bertz CT molecular complexity index is 522. The van der Waals surface area contributed by atoms with E-state index in [9.17, 15) is 0 Å². The van der Waals surface area contributed by atoms with Crippen molar-refractivity contribution in [2.24, 2.45) is 0 Å². The Hall–Kier alpha value is -1.22. The molecule has 0 aliphatic rings. The second-order valence-electron chi connectivity index (χ2n) is 4.61. The van der Waals surface area contributed by atoms with Crippen molar-refractivity contribution in [2.75, 3.05) is 14.2 Å². The van der Waals surface area contributed by atoms with Gasteiger partial charge in [0.25, 0.3) is 0 Å². The molecule has 102 valence electrons. The Morgan fingerprint density at radius 2 is 1.84 bits per heavy atom. The summed E-state index contributed by atoms with van der Waals surface area (Å²) in [5.41, 5.74) is 2.71. The van der Waals surface area contributed by atoms with Gasteiger partial charge in [0.05, 0.1) is 10.9 Å². The Morgan fingerprint density at radius 3 is 2.42 bits per heavy atom. The third-order valence-electron chi connectivity index (χ3n) is 2.98. The molecule has 0 aliphatic carbocycles. The molecule has 0 amide bonds. The quantitative estimate of drug-likeness (QED) is 0.784. The smallest absolute Gasteiger partial charge is 0.182 e. The molecule has 2 aromatic heterocycles. The maximum Gasteiger partial charge on any atom is 0.182 e. The molecule has 2 heterocycles. The zero-order valence-electron chi connectivity index (χ0n) is 11.6. The van der Waals surface area contributed by atoms with E-state index in [0.717, 1.165) is 17.1 Å². The van der Waals surface area contributed by atoms with Gasteiger partial charge in [0, 0.05) is 19.9 Å².